The van der Waals surface area contributed by atoms with Crippen LogP contribution in [0.15, 0.2) is 42.3 Å². The van der Waals surface area contributed by atoms with Crippen LogP contribution in [0.2, 0.25) is 0 Å². The average molecular weight is 507 g/mol. The second-order valence-electron chi connectivity index (χ2n) is 8.08. The van der Waals surface area contributed by atoms with E-state index in [1.54, 1.807) is 19.1 Å². The third kappa shape index (κ3) is 23.1. The molecule has 6 heteroatoms. The molecule has 0 aliphatic rings. The molecule has 1 aromatic rings. The molecule has 0 aliphatic carbocycles. The van der Waals surface area contributed by atoms with Gasteiger partial charge in [0.1, 0.15) is 18.8 Å². The Labute approximate surface area is 218 Å². The molecule has 1 aromatic carbocycles. The number of aryl methyl sites for hydroxylation is 1. The molecule has 0 saturated heterocycles. The van der Waals surface area contributed by atoms with Gasteiger partial charge in [-0.2, -0.15) is 0 Å². The Hall–Kier alpha value is -2.62. The molecule has 204 valence electrons. The summed E-state index contributed by atoms with van der Waals surface area (Å²) in [5.41, 5.74) is 7.67. The minimum absolute atomic E-state index is 0.121. The first-order chi connectivity index (χ1) is 17.3. The number of ketones is 1. The third-order valence-electron chi connectivity index (χ3n) is 4.88. The van der Waals surface area contributed by atoms with Crippen molar-refractivity contribution in [3.8, 4) is 12.8 Å². The summed E-state index contributed by atoms with van der Waals surface area (Å²) in [6.07, 6.45) is 18.4. The second-order valence-corrected chi connectivity index (χ2v) is 8.08. The lowest BCUT2D eigenvalue weighted by molar-refractivity contribution is 0.0957. The second kappa shape index (κ2) is 28.6. The predicted molar refractivity (Wildman–Crippen MR) is 151 cm³/mol. The number of terminal acetylenes is 1. The Morgan fingerprint density at radius 2 is 1.75 bits per heavy atom. The lowest BCUT2D eigenvalue weighted by atomic mass is 9.91. The van der Waals surface area contributed by atoms with Crippen molar-refractivity contribution >= 4 is 12.1 Å². The zero-order valence-corrected chi connectivity index (χ0v) is 23.0. The van der Waals surface area contributed by atoms with Crippen molar-refractivity contribution < 1.29 is 18.4 Å². The number of carbonyl (C=O) groups excluding carboxylic acids is 2. The quantitative estimate of drug-likeness (QED) is 0.0922. The zero-order valence-electron chi connectivity index (χ0n) is 23.0. The molecule has 0 amide bonds. The number of nitrogens with two attached hydrogens (primary N) is 1. The molecule has 0 fully saturated rings. The van der Waals surface area contributed by atoms with Gasteiger partial charge in [0.15, 0.2) is 5.78 Å². The van der Waals surface area contributed by atoms with E-state index in [-0.39, 0.29) is 5.78 Å². The minimum Gasteiger partial charge on any atom is -0.330 e. The number of rotatable bonds is 14. The topological polar surface area (TPSA) is 72.2 Å². The van der Waals surface area contributed by atoms with Crippen molar-refractivity contribution in [2.24, 2.45) is 11.7 Å². The van der Waals surface area contributed by atoms with Gasteiger partial charge in [-0.25, -0.2) is 8.78 Å². The zero-order chi connectivity index (χ0) is 28.2. The first-order valence-corrected chi connectivity index (χ1v) is 12.7. The molecular weight excluding hydrogens is 458 g/mol. The number of Topliss-reactive ketones (excluding diaryl/α,β-unsaturated/α-hetero) is 1. The summed E-state index contributed by atoms with van der Waals surface area (Å²) in [6.45, 7) is 12.3. The van der Waals surface area contributed by atoms with Crippen LogP contribution in [-0.2, 0) is 0 Å². The van der Waals surface area contributed by atoms with Gasteiger partial charge in [-0.15, -0.1) is 12.8 Å². The number of benzene rings is 1. The maximum absolute atomic E-state index is 12.3. The molecular formula is C30H48F2N2O2. The molecule has 36 heavy (non-hydrogen) atoms. The van der Waals surface area contributed by atoms with Gasteiger partial charge >= 0.3 is 0 Å². The fraction of sp³-hybridized carbons (Fsp3) is 0.533. The average Bonchev–Trinajstić information content (AvgIpc) is 2.88. The maximum atomic E-state index is 12.3. The predicted octanol–water partition coefficient (Wildman–Crippen LogP) is 7.18. The normalized spacial score (nSPS) is 11.2. The van der Waals surface area contributed by atoms with E-state index in [4.69, 9.17) is 5.73 Å². The molecule has 0 aromatic heterocycles. The highest BCUT2D eigenvalue weighted by molar-refractivity contribution is 5.97. The highest BCUT2D eigenvalue weighted by Gasteiger charge is 2.14. The summed E-state index contributed by atoms with van der Waals surface area (Å²) in [5, 5.41) is 3.28. The Morgan fingerprint density at radius 3 is 2.19 bits per heavy atom. The summed E-state index contributed by atoms with van der Waals surface area (Å²) >= 11 is 0. The highest BCUT2D eigenvalue weighted by Crippen LogP contribution is 2.19. The van der Waals surface area contributed by atoms with Crippen molar-refractivity contribution in [2.75, 3.05) is 26.3 Å². The number of aldehydes is 1. The van der Waals surface area contributed by atoms with Crippen molar-refractivity contribution in [3.63, 3.8) is 0 Å². The summed E-state index contributed by atoms with van der Waals surface area (Å²) in [4.78, 5) is 23.1. The smallest absolute Gasteiger partial charge is 0.163 e. The molecule has 0 radical (unpaired) electrons. The van der Waals surface area contributed by atoms with Gasteiger partial charge in [0, 0.05) is 17.5 Å². The van der Waals surface area contributed by atoms with Gasteiger partial charge < -0.3 is 11.1 Å². The van der Waals surface area contributed by atoms with Gasteiger partial charge in [0.2, 0.25) is 0 Å². The van der Waals surface area contributed by atoms with Gasteiger partial charge in [0.25, 0.3) is 0 Å². The number of allylic oxidation sites excluding steroid dienone is 4. The van der Waals surface area contributed by atoms with E-state index >= 15 is 0 Å². The van der Waals surface area contributed by atoms with E-state index in [1.807, 2.05) is 13.0 Å². The van der Waals surface area contributed by atoms with Crippen molar-refractivity contribution in [3.05, 3.63) is 58.9 Å². The van der Waals surface area contributed by atoms with Crippen LogP contribution in [-0.4, -0.2) is 38.4 Å². The summed E-state index contributed by atoms with van der Waals surface area (Å²) < 4.78 is 23.2. The molecule has 0 spiro atoms. The molecule has 3 N–H and O–H groups in total. The van der Waals surface area contributed by atoms with Crippen LogP contribution < -0.4 is 11.1 Å². The lowest BCUT2D eigenvalue weighted by Gasteiger charge is -2.13. The SMILES string of the molecule is C#C.C/C=C\C(F)=C/CF.CCCNCCC.CC[C@@H](CCCN)CC(=O)c1cc(C)cc(C=O)c1. The van der Waals surface area contributed by atoms with E-state index in [0.29, 0.717) is 30.0 Å². The Morgan fingerprint density at radius 1 is 1.14 bits per heavy atom. The van der Waals surface area contributed by atoms with E-state index in [0.717, 1.165) is 37.2 Å². The number of hydrogen-bond acceptors (Lipinski definition) is 4. The number of halogens is 2. The molecule has 0 heterocycles. The Balaban J connectivity index is -0.000000529. The highest BCUT2D eigenvalue weighted by atomic mass is 19.1. The third-order valence-corrected chi connectivity index (χ3v) is 4.88. The molecule has 0 bridgehead atoms. The molecule has 0 aliphatic heterocycles. The van der Waals surface area contributed by atoms with Crippen LogP contribution in [0.4, 0.5) is 8.78 Å². The lowest BCUT2D eigenvalue weighted by Crippen LogP contribution is -2.14. The fourth-order valence-electron chi connectivity index (χ4n) is 3.06. The fourth-order valence-corrected chi connectivity index (χ4v) is 3.06. The molecule has 0 unspecified atom stereocenters. The standard InChI is InChI=1S/C16H23NO2.C6H8F2.C6H15N.C2H2/c1-3-13(5-4-6-17)10-16(19)15-8-12(2)7-14(9-15)11-18;1-2-3-6(8)4-5-7;1-3-5-7-6-4-2;1-2/h7-9,11,13H,3-6,10,17H2,1-2H3;2-4H,5H2,1H3;7H,3-6H2,1-2H3;1-2H/b;3-2-,6-4+;;/t13-;;;/m0.../s1. The maximum Gasteiger partial charge on any atom is 0.163 e. The summed E-state index contributed by atoms with van der Waals surface area (Å²) in [7, 11) is 0. The van der Waals surface area contributed by atoms with Crippen LogP contribution >= 0.6 is 0 Å². The van der Waals surface area contributed by atoms with E-state index in [1.165, 1.54) is 38.1 Å². The largest absolute Gasteiger partial charge is 0.330 e. The molecule has 0 saturated carbocycles. The summed E-state index contributed by atoms with van der Waals surface area (Å²) in [5.74, 6) is -0.0121. The minimum atomic E-state index is -0.740. The van der Waals surface area contributed by atoms with Crippen molar-refractivity contribution in [1.82, 2.24) is 5.32 Å². The number of hydrogen-bond donors (Lipinski definition) is 2. The summed E-state index contributed by atoms with van der Waals surface area (Å²) in [6, 6.07) is 5.32. The molecule has 4 nitrogen and oxygen atoms in total. The van der Waals surface area contributed by atoms with E-state index < -0.39 is 12.5 Å². The number of nitrogens with one attached hydrogen (secondary N) is 1. The van der Waals surface area contributed by atoms with E-state index in [2.05, 4.69) is 38.9 Å². The van der Waals surface area contributed by atoms with Crippen LogP contribution in [0.1, 0.15) is 92.5 Å². The van der Waals surface area contributed by atoms with Gasteiger partial charge in [-0.1, -0.05) is 33.3 Å². The van der Waals surface area contributed by atoms with Gasteiger partial charge in [-0.3, -0.25) is 9.59 Å². The van der Waals surface area contributed by atoms with E-state index in [9.17, 15) is 18.4 Å². The van der Waals surface area contributed by atoms with Gasteiger partial charge in [0.05, 0.1) is 0 Å². The first-order valence-electron chi connectivity index (χ1n) is 12.7. The molecule has 1 rings (SSSR count). The van der Waals surface area contributed by atoms with Crippen LogP contribution in [0.5, 0.6) is 0 Å². The van der Waals surface area contributed by atoms with Crippen molar-refractivity contribution in [2.45, 2.75) is 73.1 Å². The molecule has 1 atom stereocenters. The first kappa shape index (κ1) is 37.9. The van der Waals surface area contributed by atoms with Crippen LogP contribution in [0, 0.1) is 25.7 Å². The Bertz CT molecular complexity index is 755. The van der Waals surface area contributed by atoms with Crippen LogP contribution in [0.25, 0.3) is 0 Å². The Kier molecular flexibility index (Phi) is 30.1. The van der Waals surface area contributed by atoms with Gasteiger partial charge in [-0.05, 0) is 101 Å². The monoisotopic (exact) mass is 506 g/mol. The van der Waals surface area contributed by atoms with Crippen LogP contribution in [0.3, 0.4) is 0 Å². The number of carbonyl (C=O) groups is 2. The van der Waals surface area contributed by atoms with Crippen molar-refractivity contribution in [1.29, 1.82) is 0 Å². The number of alkyl halides is 1.